The van der Waals surface area contributed by atoms with Gasteiger partial charge in [-0.2, -0.15) is 0 Å². The summed E-state index contributed by atoms with van der Waals surface area (Å²) in [4.78, 5) is 0. The zero-order valence-corrected chi connectivity index (χ0v) is 12.8. The molecule has 0 saturated carbocycles. The maximum absolute atomic E-state index is 9.27. The number of aliphatic hydroxyl groups is 1. The normalized spacial score (nSPS) is 12.8. The molecule has 0 aromatic heterocycles. The van der Waals surface area contributed by atoms with Gasteiger partial charge in [0, 0.05) is 29.7 Å². The molecule has 1 unspecified atom stereocenters. The molecule has 1 aromatic rings. The SMILES string of the molecule is COc1ccc(Br)cc1CNCC(CO)C(C)C. The van der Waals surface area contributed by atoms with Gasteiger partial charge in [-0.05, 0) is 30.0 Å². The summed E-state index contributed by atoms with van der Waals surface area (Å²) in [5.74, 6) is 1.66. The summed E-state index contributed by atoms with van der Waals surface area (Å²) in [7, 11) is 1.68. The third kappa shape index (κ3) is 4.59. The first kappa shape index (κ1) is 15.5. The van der Waals surface area contributed by atoms with Crippen molar-refractivity contribution >= 4 is 15.9 Å². The molecule has 0 spiro atoms. The molecule has 18 heavy (non-hydrogen) atoms. The number of hydrogen-bond donors (Lipinski definition) is 2. The first-order chi connectivity index (χ1) is 8.58. The van der Waals surface area contributed by atoms with Gasteiger partial charge in [0.1, 0.15) is 5.75 Å². The second kappa shape index (κ2) is 7.77. The summed E-state index contributed by atoms with van der Waals surface area (Å²) in [6.45, 7) is 6.03. The molecule has 1 rings (SSSR count). The van der Waals surface area contributed by atoms with Crippen LogP contribution in [0.2, 0.25) is 0 Å². The summed E-state index contributed by atoms with van der Waals surface area (Å²) >= 11 is 3.46. The Labute approximate surface area is 118 Å². The van der Waals surface area contributed by atoms with Crippen LogP contribution in [-0.4, -0.2) is 25.4 Å². The fourth-order valence-corrected chi connectivity index (χ4v) is 2.20. The van der Waals surface area contributed by atoms with Crippen LogP contribution in [0.15, 0.2) is 22.7 Å². The predicted octanol–water partition coefficient (Wildman–Crippen LogP) is 2.81. The van der Waals surface area contributed by atoms with Crippen molar-refractivity contribution in [3.05, 3.63) is 28.2 Å². The maximum atomic E-state index is 9.27. The zero-order chi connectivity index (χ0) is 13.5. The van der Waals surface area contributed by atoms with Gasteiger partial charge in [0.05, 0.1) is 7.11 Å². The molecule has 0 bridgehead atoms. The topological polar surface area (TPSA) is 41.5 Å². The van der Waals surface area contributed by atoms with E-state index in [1.165, 1.54) is 0 Å². The number of rotatable bonds is 7. The zero-order valence-electron chi connectivity index (χ0n) is 11.2. The highest BCUT2D eigenvalue weighted by molar-refractivity contribution is 9.10. The Bertz CT molecular complexity index is 369. The molecule has 3 nitrogen and oxygen atoms in total. The van der Waals surface area contributed by atoms with Gasteiger partial charge >= 0.3 is 0 Å². The highest BCUT2D eigenvalue weighted by Gasteiger charge is 2.12. The van der Waals surface area contributed by atoms with Crippen LogP contribution in [0.1, 0.15) is 19.4 Å². The van der Waals surface area contributed by atoms with E-state index in [-0.39, 0.29) is 6.61 Å². The highest BCUT2D eigenvalue weighted by atomic mass is 79.9. The second-order valence-corrected chi connectivity index (χ2v) is 5.69. The lowest BCUT2D eigenvalue weighted by atomic mass is 9.97. The fraction of sp³-hybridized carbons (Fsp3) is 0.571. The molecule has 102 valence electrons. The van der Waals surface area contributed by atoms with E-state index in [4.69, 9.17) is 4.74 Å². The predicted molar refractivity (Wildman–Crippen MR) is 77.8 cm³/mol. The van der Waals surface area contributed by atoms with Gasteiger partial charge in [-0.1, -0.05) is 29.8 Å². The van der Waals surface area contributed by atoms with Crippen molar-refractivity contribution in [1.29, 1.82) is 0 Å². The van der Waals surface area contributed by atoms with E-state index in [2.05, 4.69) is 41.2 Å². The van der Waals surface area contributed by atoms with Gasteiger partial charge in [-0.3, -0.25) is 0 Å². The Morgan fingerprint density at radius 2 is 2.11 bits per heavy atom. The number of aliphatic hydroxyl groups excluding tert-OH is 1. The maximum Gasteiger partial charge on any atom is 0.123 e. The fourth-order valence-electron chi connectivity index (χ4n) is 1.79. The number of nitrogens with one attached hydrogen (secondary N) is 1. The minimum atomic E-state index is 0.223. The van der Waals surface area contributed by atoms with E-state index in [1.54, 1.807) is 7.11 Å². The van der Waals surface area contributed by atoms with Crippen molar-refractivity contribution in [2.24, 2.45) is 11.8 Å². The standard InChI is InChI=1S/C14H22BrNO2/c1-10(2)12(9-17)8-16-7-11-6-13(15)4-5-14(11)18-3/h4-6,10,12,16-17H,7-9H2,1-3H3. The van der Waals surface area contributed by atoms with Crippen molar-refractivity contribution < 1.29 is 9.84 Å². The summed E-state index contributed by atoms with van der Waals surface area (Å²) in [5, 5.41) is 12.6. The van der Waals surface area contributed by atoms with Crippen LogP contribution in [0, 0.1) is 11.8 Å². The Morgan fingerprint density at radius 1 is 1.39 bits per heavy atom. The molecular weight excluding hydrogens is 294 g/mol. The van der Waals surface area contributed by atoms with Crippen LogP contribution >= 0.6 is 15.9 Å². The second-order valence-electron chi connectivity index (χ2n) is 4.77. The van der Waals surface area contributed by atoms with Crippen molar-refractivity contribution in [2.75, 3.05) is 20.3 Å². The van der Waals surface area contributed by atoms with E-state index in [1.807, 2.05) is 12.1 Å². The van der Waals surface area contributed by atoms with Gasteiger partial charge in [0.25, 0.3) is 0 Å². The summed E-state index contributed by atoms with van der Waals surface area (Å²) in [6, 6.07) is 5.97. The smallest absolute Gasteiger partial charge is 0.123 e. The molecule has 0 heterocycles. The molecule has 0 aliphatic carbocycles. The monoisotopic (exact) mass is 315 g/mol. The Hall–Kier alpha value is -0.580. The quantitative estimate of drug-likeness (QED) is 0.813. The van der Waals surface area contributed by atoms with Crippen LogP contribution in [0.25, 0.3) is 0 Å². The van der Waals surface area contributed by atoms with E-state index >= 15 is 0 Å². The van der Waals surface area contributed by atoms with E-state index in [0.29, 0.717) is 11.8 Å². The van der Waals surface area contributed by atoms with E-state index in [9.17, 15) is 5.11 Å². The Kier molecular flexibility index (Phi) is 6.68. The van der Waals surface area contributed by atoms with Gasteiger partial charge in [0.2, 0.25) is 0 Å². The first-order valence-corrected chi connectivity index (χ1v) is 7.01. The molecule has 0 amide bonds. The van der Waals surface area contributed by atoms with Crippen molar-refractivity contribution in [1.82, 2.24) is 5.32 Å². The van der Waals surface area contributed by atoms with Crippen LogP contribution in [0.3, 0.4) is 0 Å². The average molecular weight is 316 g/mol. The van der Waals surface area contributed by atoms with Crippen LogP contribution < -0.4 is 10.1 Å². The third-order valence-corrected chi connectivity index (χ3v) is 3.63. The number of halogens is 1. The summed E-state index contributed by atoms with van der Waals surface area (Å²) in [6.07, 6.45) is 0. The summed E-state index contributed by atoms with van der Waals surface area (Å²) < 4.78 is 6.37. The lowest BCUT2D eigenvalue weighted by Crippen LogP contribution is -2.28. The molecule has 1 aromatic carbocycles. The lowest BCUT2D eigenvalue weighted by Gasteiger charge is -2.19. The first-order valence-electron chi connectivity index (χ1n) is 6.22. The summed E-state index contributed by atoms with van der Waals surface area (Å²) in [5.41, 5.74) is 1.12. The average Bonchev–Trinajstić information content (AvgIpc) is 2.34. The lowest BCUT2D eigenvalue weighted by molar-refractivity contribution is 0.186. The highest BCUT2D eigenvalue weighted by Crippen LogP contribution is 2.22. The number of ether oxygens (including phenoxy) is 1. The number of hydrogen-bond acceptors (Lipinski definition) is 3. The molecule has 0 saturated heterocycles. The molecule has 0 fully saturated rings. The van der Waals surface area contributed by atoms with Gasteiger partial charge in [0.15, 0.2) is 0 Å². The molecule has 0 radical (unpaired) electrons. The molecule has 1 atom stereocenters. The Morgan fingerprint density at radius 3 is 2.67 bits per heavy atom. The van der Waals surface area contributed by atoms with Crippen LogP contribution in [0.4, 0.5) is 0 Å². The van der Waals surface area contributed by atoms with Crippen molar-refractivity contribution in [3.8, 4) is 5.75 Å². The molecule has 0 aliphatic heterocycles. The van der Waals surface area contributed by atoms with Crippen LogP contribution in [0.5, 0.6) is 5.75 Å². The van der Waals surface area contributed by atoms with Crippen molar-refractivity contribution in [2.45, 2.75) is 20.4 Å². The van der Waals surface area contributed by atoms with Crippen molar-refractivity contribution in [3.63, 3.8) is 0 Å². The minimum Gasteiger partial charge on any atom is -0.496 e. The molecule has 4 heteroatoms. The molecule has 2 N–H and O–H groups in total. The third-order valence-electron chi connectivity index (χ3n) is 3.14. The van der Waals surface area contributed by atoms with Gasteiger partial charge < -0.3 is 15.2 Å². The number of benzene rings is 1. The minimum absolute atomic E-state index is 0.223. The molecule has 0 aliphatic rings. The molecular formula is C14H22BrNO2. The van der Waals surface area contributed by atoms with Gasteiger partial charge in [-0.15, -0.1) is 0 Å². The van der Waals surface area contributed by atoms with Crippen LogP contribution in [-0.2, 0) is 6.54 Å². The number of methoxy groups -OCH3 is 1. The largest absolute Gasteiger partial charge is 0.496 e. The van der Waals surface area contributed by atoms with E-state index < -0.39 is 0 Å². The van der Waals surface area contributed by atoms with E-state index in [0.717, 1.165) is 28.9 Å². The van der Waals surface area contributed by atoms with Gasteiger partial charge in [-0.25, -0.2) is 0 Å². The Balaban J connectivity index is 2.55.